The number of rotatable bonds is 4. The van der Waals surface area contributed by atoms with Gasteiger partial charge in [-0.1, -0.05) is 6.07 Å². The molecule has 0 atom stereocenters. The summed E-state index contributed by atoms with van der Waals surface area (Å²) in [6.07, 6.45) is 0. The Morgan fingerprint density at radius 2 is 2.29 bits per heavy atom. The van der Waals surface area contributed by atoms with Crippen molar-refractivity contribution >= 4 is 5.97 Å². The number of carbonyl (C=O) groups is 1. The molecule has 0 aliphatic rings. The summed E-state index contributed by atoms with van der Waals surface area (Å²) in [7, 11) is 0. The van der Waals surface area contributed by atoms with Gasteiger partial charge < -0.3 is 10.4 Å². The molecular formula is C10H12FNO2. The minimum Gasteiger partial charge on any atom is -0.480 e. The maximum absolute atomic E-state index is 12.8. The van der Waals surface area contributed by atoms with Gasteiger partial charge in [0.1, 0.15) is 5.82 Å². The monoisotopic (exact) mass is 197 g/mol. The van der Waals surface area contributed by atoms with E-state index in [4.69, 9.17) is 5.11 Å². The normalized spacial score (nSPS) is 10.1. The third-order valence-corrected chi connectivity index (χ3v) is 1.90. The van der Waals surface area contributed by atoms with Crippen molar-refractivity contribution in [2.45, 2.75) is 13.5 Å². The van der Waals surface area contributed by atoms with Gasteiger partial charge in [0.2, 0.25) is 0 Å². The molecule has 0 heterocycles. The van der Waals surface area contributed by atoms with E-state index in [1.165, 1.54) is 12.1 Å². The third kappa shape index (κ3) is 3.14. The first-order valence-electron chi connectivity index (χ1n) is 4.27. The molecule has 0 aliphatic heterocycles. The van der Waals surface area contributed by atoms with Crippen molar-refractivity contribution in [2.75, 3.05) is 6.54 Å². The highest BCUT2D eigenvalue weighted by molar-refractivity contribution is 5.69. The van der Waals surface area contributed by atoms with Crippen LogP contribution in [0, 0.1) is 12.7 Å². The summed E-state index contributed by atoms with van der Waals surface area (Å²) < 4.78 is 12.8. The van der Waals surface area contributed by atoms with E-state index in [2.05, 4.69) is 5.32 Å². The van der Waals surface area contributed by atoms with Gasteiger partial charge in [-0.05, 0) is 30.2 Å². The molecule has 0 radical (unpaired) electrons. The van der Waals surface area contributed by atoms with Crippen LogP contribution in [0.25, 0.3) is 0 Å². The summed E-state index contributed by atoms with van der Waals surface area (Å²) in [4.78, 5) is 10.2. The number of halogens is 1. The second kappa shape index (κ2) is 4.72. The molecule has 1 aromatic rings. The number of hydrogen-bond donors (Lipinski definition) is 2. The van der Waals surface area contributed by atoms with Crippen molar-refractivity contribution in [3.05, 3.63) is 35.1 Å². The lowest BCUT2D eigenvalue weighted by atomic mass is 10.1. The van der Waals surface area contributed by atoms with Gasteiger partial charge in [0.05, 0.1) is 6.54 Å². The second-order valence-corrected chi connectivity index (χ2v) is 3.07. The summed E-state index contributed by atoms with van der Waals surface area (Å²) >= 11 is 0. The van der Waals surface area contributed by atoms with Gasteiger partial charge >= 0.3 is 5.97 Å². The Bertz CT molecular complexity index is 339. The summed E-state index contributed by atoms with van der Waals surface area (Å²) in [5, 5.41) is 11.1. The minimum atomic E-state index is -0.918. The number of aryl methyl sites for hydroxylation is 1. The summed E-state index contributed by atoms with van der Waals surface area (Å²) in [5.74, 6) is -1.22. The van der Waals surface area contributed by atoms with Gasteiger partial charge in [0.15, 0.2) is 0 Å². The van der Waals surface area contributed by atoms with Crippen LogP contribution < -0.4 is 5.32 Å². The molecule has 0 unspecified atom stereocenters. The quantitative estimate of drug-likeness (QED) is 0.765. The molecule has 0 spiro atoms. The van der Waals surface area contributed by atoms with Crippen LogP contribution in [-0.4, -0.2) is 17.6 Å². The molecular weight excluding hydrogens is 185 g/mol. The zero-order valence-corrected chi connectivity index (χ0v) is 7.88. The van der Waals surface area contributed by atoms with E-state index in [1.54, 1.807) is 6.07 Å². The molecule has 14 heavy (non-hydrogen) atoms. The highest BCUT2D eigenvalue weighted by Crippen LogP contribution is 2.09. The Balaban J connectivity index is 2.57. The Kier molecular flexibility index (Phi) is 3.59. The Morgan fingerprint density at radius 1 is 1.57 bits per heavy atom. The average molecular weight is 197 g/mol. The van der Waals surface area contributed by atoms with Gasteiger partial charge in [0, 0.05) is 6.54 Å². The highest BCUT2D eigenvalue weighted by Gasteiger charge is 2.01. The fraction of sp³-hybridized carbons (Fsp3) is 0.300. The van der Waals surface area contributed by atoms with Crippen molar-refractivity contribution in [3.8, 4) is 0 Å². The van der Waals surface area contributed by atoms with Crippen LogP contribution in [0.4, 0.5) is 4.39 Å². The highest BCUT2D eigenvalue weighted by atomic mass is 19.1. The van der Waals surface area contributed by atoms with Crippen LogP contribution in [-0.2, 0) is 11.3 Å². The van der Waals surface area contributed by atoms with Crippen molar-refractivity contribution in [2.24, 2.45) is 0 Å². The number of aliphatic carboxylic acids is 1. The molecule has 0 bridgehead atoms. The Morgan fingerprint density at radius 3 is 2.93 bits per heavy atom. The first-order valence-corrected chi connectivity index (χ1v) is 4.27. The van der Waals surface area contributed by atoms with Crippen LogP contribution in [0.1, 0.15) is 11.1 Å². The lowest BCUT2D eigenvalue weighted by Gasteiger charge is -2.05. The molecule has 0 amide bonds. The van der Waals surface area contributed by atoms with Crippen molar-refractivity contribution in [3.63, 3.8) is 0 Å². The molecule has 76 valence electrons. The van der Waals surface area contributed by atoms with Crippen LogP contribution in [0.5, 0.6) is 0 Å². The van der Waals surface area contributed by atoms with Crippen LogP contribution in [0.2, 0.25) is 0 Å². The minimum absolute atomic E-state index is 0.115. The number of carboxylic acid groups (broad SMARTS) is 1. The van der Waals surface area contributed by atoms with E-state index >= 15 is 0 Å². The molecule has 0 saturated heterocycles. The van der Waals surface area contributed by atoms with E-state index < -0.39 is 5.97 Å². The van der Waals surface area contributed by atoms with Gasteiger partial charge in [0.25, 0.3) is 0 Å². The number of benzene rings is 1. The Hall–Kier alpha value is -1.42. The predicted octanol–water partition coefficient (Wildman–Crippen LogP) is 1.31. The Labute approximate surface area is 81.6 Å². The molecule has 1 aromatic carbocycles. The molecule has 0 saturated carbocycles. The number of nitrogens with one attached hydrogen (secondary N) is 1. The summed E-state index contributed by atoms with van der Waals surface area (Å²) in [6, 6.07) is 4.47. The molecule has 3 nitrogen and oxygen atoms in total. The fourth-order valence-electron chi connectivity index (χ4n) is 1.13. The summed E-state index contributed by atoms with van der Waals surface area (Å²) in [5.41, 5.74) is 1.73. The number of hydrogen-bond acceptors (Lipinski definition) is 2. The van der Waals surface area contributed by atoms with Crippen molar-refractivity contribution in [1.29, 1.82) is 0 Å². The molecule has 0 aromatic heterocycles. The van der Waals surface area contributed by atoms with Crippen molar-refractivity contribution in [1.82, 2.24) is 5.32 Å². The van der Waals surface area contributed by atoms with E-state index in [0.29, 0.717) is 6.54 Å². The predicted molar refractivity (Wildman–Crippen MR) is 50.5 cm³/mol. The first kappa shape index (κ1) is 10.7. The number of carboxylic acids is 1. The zero-order valence-electron chi connectivity index (χ0n) is 7.88. The average Bonchev–Trinajstić information content (AvgIpc) is 2.10. The standard InChI is InChI=1S/C10H12FNO2/c1-7-2-3-9(11)4-8(7)5-12-6-10(13)14/h2-4,12H,5-6H2,1H3,(H,13,14). The van der Waals surface area contributed by atoms with Crippen LogP contribution >= 0.6 is 0 Å². The zero-order chi connectivity index (χ0) is 10.6. The fourth-order valence-corrected chi connectivity index (χ4v) is 1.13. The molecule has 2 N–H and O–H groups in total. The summed E-state index contributed by atoms with van der Waals surface area (Å²) in [6.45, 7) is 2.11. The van der Waals surface area contributed by atoms with E-state index in [-0.39, 0.29) is 12.4 Å². The lowest BCUT2D eigenvalue weighted by Crippen LogP contribution is -2.22. The molecule has 4 heteroatoms. The third-order valence-electron chi connectivity index (χ3n) is 1.90. The van der Waals surface area contributed by atoms with Gasteiger partial charge in [-0.3, -0.25) is 4.79 Å². The van der Waals surface area contributed by atoms with Gasteiger partial charge in [-0.15, -0.1) is 0 Å². The largest absolute Gasteiger partial charge is 0.480 e. The molecule has 0 aliphatic carbocycles. The maximum atomic E-state index is 12.8. The van der Waals surface area contributed by atoms with Crippen LogP contribution in [0.3, 0.4) is 0 Å². The van der Waals surface area contributed by atoms with Gasteiger partial charge in [-0.25, -0.2) is 4.39 Å². The lowest BCUT2D eigenvalue weighted by molar-refractivity contribution is -0.135. The van der Waals surface area contributed by atoms with Gasteiger partial charge in [-0.2, -0.15) is 0 Å². The first-order chi connectivity index (χ1) is 6.59. The molecule has 1 rings (SSSR count). The van der Waals surface area contributed by atoms with E-state index in [9.17, 15) is 9.18 Å². The SMILES string of the molecule is Cc1ccc(F)cc1CNCC(=O)O. The molecule has 0 fully saturated rings. The van der Waals surface area contributed by atoms with Crippen LogP contribution in [0.15, 0.2) is 18.2 Å². The van der Waals surface area contributed by atoms with Crippen molar-refractivity contribution < 1.29 is 14.3 Å². The van der Waals surface area contributed by atoms with E-state index in [1.807, 2.05) is 6.92 Å². The smallest absolute Gasteiger partial charge is 0.317 e. The second-order valence-electron chi connectivity index (χ2n) is 3.07. The van der Waals surface area contributed by atoms with E-state index in [0.717, 1.165) is 11.1 Å². The topological polar surface area (TPSA) is 49.3 Å². The maximum Gasteiger partial charge on any atom is 0.317 e.